The lowest BCUT2D eigenvalue weighted by atomic mass is 9.95. The highest BCUT2D eigenvalue weighted by Crippen LogP contribution is 2.30. The van der Waals surface area contributed by atoms with Crippen LogP contribution in [0.3, 0.4) is 0 Å². The number of piperidine rings is 1. The van der Waals surface area contributed by atoms with Crippen molar-refractivity contribution in [3.8, 4) is 0 Å². The van der Waals surface area contributed by atoms with E-state index in [-0.39, 0.29) is 0 Å². The Balaban J connectivity index is 1.46. The molecule has 0 radical (unpaired) electrons. The van der Waals surface area contributed by atoms with Crippen molar-refractivity contribution in [3.63, 3.8) is 0 Å². The van der Waals surface area contributed by atoms with Crippen LogP contribution in [0.25, 0.3) is 0 Å². The average Bonchev–Trinajstić information content (AvgIpc) is 3.29. The molecule has 27 heavy (non-hydrogen) atoms. The first-order valence-electron chi connectivity index (χ1n) is 9.43. The van der Waals surface area contributed by atoms with E-state index in [4.69, 9.17) is 4.98 Å². The van der Waals surface area contributed by atoms with Crippen LogP contribution in [0.5, 0.6) is 0 Å². The summed E-state index contributed by atoms with van der Waals surface area (Å²) in [6.45, 7) is 8.78. The van der Waals surface area contributed by atoms with E-state index in [1.54, 1.807) is 12.5 Å². The van der Waals surface area contributed by atoms with E-state index in [1.807, 2.05) is 17.7 Å². The Kier molecular flexibility index (Phi) is 4.63. The lowest BCUT2D eigenvalue weighted by Crippen LogP contribution is -2.35. The molecule has 4 rings (SSSR count). The fourth-order valence-electron chi connectivity index (χ4n) is 3.82. The summed E-state index contributed by atoms with van der Waals surface area (Å²) in [4.78, 5) is 15.6. The average molecular weight is 366 g/mol. The van der Waals surface area contributed by atoms with Gasteiger partial charge in [-0.3, -0.25) is 0 Å². The van der Waals surface area contributed by atoms with Crippen LogP contribution < -0.4 is 4.90 Å². The van der Waals surface area contributed by atoms with Crippen molar-refractivity contribution in [1.82, 2.24) is 34.3 Å². The van der Waals surface area contributed by atoms with Gasteiger partial charge in [0.2, 0.25) is 0 Å². The second-order valence-corrected chi connectivity index (χ2v) is 7.33. The Labute approximate surface area is 159 Å². The van der Waals surface area contributed by atoms with Gasteiger partial charge in [-0.2, -0.15) is 0 Å². The van der Waals surface area contributed by atoms with Crippen LogP contribution in [0.4, 0.5) is 5.82 Å². The first-order chi connectivity index (χ1) is 13.0. The molecular formula is C19H26N8. The van der Waals surface area contributed by atoms with Crippen LogP contribution in [0, 0.1) is 20.8 Å². The molecule has 0 bridgehead atoms. The summed E-state index contributed by atoms with van der Waals surface area (Å²) in [6.07, 6.45) is 7.64. The van der Waals surface area contributed by atoms with E-state index in [2.05, 4.69) is 50.5 Å². The SMILES string of the molecule is Cc1nc(C)c(C)c(N2CCC(c3nnc(Cn4ccnc4)n3C)CC2)n1. The number of hydrogen-bond acceptors (Lipinski definition) is 6. The number of imidazole rings is 1. The van der Waals surface area contributed by atoms with Gasteiger partial charge in [-0.15, -0.1) is 10.2 Å². The van der Waals surface area contributed by atoms with Gasteiger partial charge < -0.3 is 14.0 Å². The lowest BCUT2D eigenvalue weighted by molar-refractivity contribution is 0.469. The highest BCUT2D eigenvalue weighted by molar-refractivity contribution is 5.48. The van der Waals surface area contributed by atoms with Gasteiger partial charge in [0.25, 0.3) is 0 Å². The van der Waals surface area contributed by atoms with Gasteiger partial charge in [-0.1, -0.05) is 0 Å². The Morgan fingerprint density at radius 3 is 2.56 bits per heavy atom. The van der Waals surface area contributed by atoms with Gasteiger partial charge in [-0.25, -0.2) is 15.0 Å². The summed E-state index contributed by atoms with van der Waals surface area (Å²) in [5.41, 5.74) is 2.25. The molecule has 1 aliphatic rings. The van der Waals surface area contributed by atoms with Crippen LogP contribution >= 0.6 is 0 Å². The molecule has 3 aromatic heterocycles. The molecule has 0 amide bonds. The van der Waals surface area contributed by atoms with Gasteiger partial charge in [0.15, 0.2) is 5.82 Å². The van der Waals surface area contributed by atoms with Crippen LogP contribution in [-0.4, -0.2) is 47.4 Å². The molecule has 0 aliphatic carbocycles. The van der Waals surface area contributed by atoms with Crippen molar-refractivity contribution >= 4 is 5.82 Å². The highest BCUT2D eigenvalue weighted by Gasteiger charge is 2.27. The fraction of sp³-hybridized carbons (Fsp3) is 0.526. The molecule has 4 heterocycles. The van der Waals surface area contributed by atoms with Crippen LogP contribution in [0.2, 0.25) is 0 Å². The molecule has 0 unspecified atom stereocenters. The van der Waals surface area contributed by atoms with Gasteiger partial charge in [0.1, 0.15) is 17.5 Å². The second kappa shape index (κ2) is 7.09. The smallest absolute Gasteiger partial charge is 0.152 e. The number of aromatic nitrogens is 7. The predicted molar refractivity (Wildman–Crippen MR) is 103 cm³/mol. The van der Waals surface area contributed by atoms with Gasteiger partial charge in [0.05, 0.1) is 12.9 Å². The van der Waals surface area contributed by atoms with Gasteiger partial charge in [-0.05, 0) is 33.6 Å². The number of anilines is 1. The minimum atomic E-state index is 0.430. The first-order valence-corrected chi connectivity index (χ1v) is 9.43. The molecular weight excluding hydrogens is 340 g/mol. The summed E-state index contributed by atoms with van der Waals surface area (Å²) in [6, 6.07) is 0. The van der Waals surface area contributed by atoms with Gasteiger partial charge in [0, 0.05) is 49.7 Å². The molecule has 1 fully saturated rings. The minimum absolute atomic E-state index is 0.430. The summed E-state index contributed by atoms with van der Waals surface area (Å²) in [5.74, 6) is 4.39. The van der Waals surface area contributed by atoms with Crippen molar-refractivity contribution < 1.29 is 0 Å². The molecule has 0 spiro atoms. The third kappa shape index (κ3) is 3.43. The third-order valence-electron chi connectivity index (χ3n) is 5.52. The van der Waals surface area contributed by atoms with E-state index in [1.165, 1.54) is 5.56 Å². The van der Waals surface area contributed by atoms with E-state index in [9.17, 15) is 0 Å². The Bertz CT molecular complexity index is 920. The third-order valence-corrected chi connectivity index (χ3v) is 5.52. The molecule has 0 saturated carbocycles. The zero-order chi connectivity index (χ0) is 19.0. The molecule has 1 aliphatic heterocycles. The monoisotopic (exact) mass is 366 g/mol. The van der Waals surface area contributed by atoms with Crippen molar-refractivity contribution in [1.29, 1.82) is 0 Å². The molecule has 142 valence electrons. The summed E-state index contributed by atoms with van der Waals surface area (Å²) >= 11 is 0. The van der Waals surface area contributed by atoms with E-state index < -0.39 is 0 Å². The highest BCUT2D eigenvalue weighted by atomic mass is 15.3. The van der Waals surface area contributed by atoms with Crippen LogP contribution in [0.1, 0.15) is 47.5 Å². The number of rotatable bonds is 4. The summed E-state index contributed by atoms with van der Waals surface area (Å²) in [5, 5.41) is 8.91. The largest absolute Gasteiger partial charge is 0.356 e. The van der Waals surface area contributed by atoms with Crippen molar-refractivity contribution in [3.05, 3.63) is 47.5 Å². The molecule has 3 aromatic rings. The van der Waals surface area contributed by atoms with E-state index in [0.717, 1.165) is 54.9 Å². The quantitative estimate of drug-likeness (QED) is 0.704. The van der Waals surface area contributed by atoms with Crippen molar-refractivity contribution in [2.45, 2.75) is 46.1 Å². The fourth-order valence-corrected chi connectivity index (χ4v) is 3.82. The van der Waals surface area contributed by atoms with Crippen molar-refractivity contribution in [2.75, 3.05) is 18.0 Å². The zero-order valence-corrected chi connectivity index (χ0v) is 16.4. The summed E-state index contributed by atoms with van der Waals surface area (Å²) in [7, 11) is 2.06. The maximum atomic E-state index is 4.69. The van der Waals surface area contributed by atoms with Crippen LogP contribution in [0.15, 0.2) is 18.7 Å². The Morgan fingerprint density at radius 2 is 1.85 bits per heavy atom. The minimum Gasteiger partial charge on any atom is -0.356 e. The second-order valence-electron chi connectivity index (χ2n) is 7.33. The Morgan fingerprint density at radius 1 is 1.07 bits per heavy atom. The molecule has 1 saturated heterocycles. The van der Waals surface area contributed by atoms with Crippen LogP contribution in [-0.2, 0) is 13.6 Å². The maximum absolute atomic E-state index is 4.69. The maximum Gasteiger partial charge on any atom is 0.152 e. The number of hydrogen-bond donors (Lipinski definition) is 0. The molecule has 0 atom stereocenters. The molecule has 0 aromatic carbocycles. The first kappa shape index (κ1) is 17.6. The van der Waals surface area contributed by atoms with E-state index in [0.29, 0.717) is 12.5 Å². The number of aryl methyl sites for hydroxylation is 2. The Hall–Kier alpha value is -2.77. The molecule has 8 heteroatoms. The normalized spacial score (nSPS) is 15.5. The lowest BCUT2D eigenvalue weighted by Gasteiger charge is -2.33. The molecule has 8 nitrogen and oxygen atoms in total. The van der Waals surface area contributed by atoms with Gasteiger partial charge >= 0.3 is 0 Å². The topological polar surface area (TPSA) is 77.5 Å². The summed E-state index contributed by atoms with van der Waals surface area (Å²) < 4.78 is 4.16. The van der Waals surface area contributed by atoms with Crippen molar-refractivity contribution in [2.24, 2.45) is 7.05 Å². The standard InChI is InChI=1S/C19H26N8/c1-13-14(2)21-15(3)22-18(13)27-8-5-16(6-9-27)19-24-23-17(25(19)4)11-26-10-7-20-12-26/h7,10,12,16H,5-6,8-9,11H2,1-4H3. The number of nitrogens with zero attached hydrogens (tertiary/aromatic N) is 8. The predicted octanol–water partition coefficient (Wildman–Crippen LogP) is 2.16. The molecule has 0 N–H and O–H groups in total. The van der Waals surface area contributed by atoms with E-state index >= 15 is 0 Å². The zero-order valence-electron chi connectivity index (χ0n) is 16.4.